The lowest BCUT2D eigenvalue weighted by molar-refractivity contribution is -0.122. The SMILES string of the molecule is CC(NC(=O)OC(C)(C)C)C(=O)NCc1cccc(C(=O)NCc2ccco2)c1. The van der Waals surface area contributed by atoms with E-state index in [0.717, 1.165) is 5.56 Å². The summed E-state index contributed by atoms with van der Waals surface area (Å²) in [7, 11) is 0. The molecule has 0 bridgehead atoms. The van der Waals surface area contributed by atoms with Gasteiger partial charge >= 0.3 is 6.09 Å². The maximum atomic E-state index is 12.3. The number of carbonyl (C=O) groups is 3. The average molecular weight is 401 g/mol. The van der Waals surface area contributed by atoms with Gasteiger partial charge in [0.15, 0.2) is 0 Å². The van der Waals surface area contributed by atoms with Crippen LogP contribution >= 0.6 is 0 Å². The average Bonchev–Trinajstić information content (AvgIpc) is 3.16. The van der Waals surface area contributed by atoms with E-state index in [1.165, 1.54) is 0 Å². The summed E-state index contributed by atoms with van der Waals surface area (Å²) in [5, 5.41) is 7.99. The van der Waals surface area contributed by atoms with Crippen LogP contribution in [0.1, 0.15) is 49.4 Å². The fraction of sp³-hybridized carbons (Fsp3) is 0.381. The van der Waals surface area contributed by atoms with E-state index in [2.05, 4.69) is 16.0 Å². The fourth-order valence-corrected chi connectivity index (χ4v) is 2.40. The molecule has 0 fully saturated rings. The summed E-state index contributed by atoms with van der Waals surface area (Å²) in [6.07, 6.45) is 0.888. The summed E-state index contributed by atoms with van der Waals surface area (Å²) in [6, 6.07) is 9.70. The number of amides is 3. The van der Waals surface area contributed by atoms with Crippen LogP contribution in [0.2, 0.25) is 0 Å². The lowest BCUT2D eigenvalue weighted by Crippen LogP contribution is -2.46. The first-order chi connectivity index (χ1) is 13.6. The van der Waals surface area contributed by atoms with Gasteiger partial charge in [0.25, 0.3) is 5.91 Å². The van der Waals surface area contributed by atoms with Crippen molar-refractivity contribution in [3.05, 3.63) is 59.5 Å². The Kier molecular flexibility index (Phi) is 7.41. The molecule has 2 aromatic rings. The number of nitrogens with one attached hydrogen (secondary N) is 3. The van der Waals surface area contributed by atoms with Gasteiger partial charge in [-0.25, -0.2) is 4.79 Å². The number of hydrogen-bond acceptors (Lipinski definition) is 5. The molecule has 0 spiro atoms. The smallest absolute Gasteiger partial charge is 0.408 e. The highest BCUT2D eigenvalue weighted by Crippen LogP contribution is 2.08. The van der Waals surface area contributed by atoms with E-state index in [9.17, 15) is 14.4 Å². The molecule has 1 unspecified atom stereocenters. The molecule has 8 nitrogen and oxygen atoms in total. The monoisotopic (exact) mass is 401 g/mol. The molecule has 1 atom stereocenters. The zero-order valence-electron chi connectivity index (χ0n) is 17.1. The summed E-state index contributed by atoms with van der Waals surface area (Å²) >= 11 is 0. The molecule has 0 aliphatic rings. The van der Waals surface area contributed by atoms with Crippen LogP contribution in [0.4, 0.5) is 4.79 Å². The maximum Gasteiger partial charge on any atom is 0.408 e. The molecule has 2 rings (SSSR count). The van der Waals surface area contributed by atoms with Gasteiger partial charge in [-0.2, -0.15) is 0 Å². The lowest BCUT2D eigenvalue weighted by atomic mass is 10.1. The minimum absolute atomic E-state index is 0.221. The first kappa shape index (κ1) is 22.0. The first-order valence-electron chi connectivity index (χ1n) is 9.31. The second kappa shape index (κ2) is 9.77. The molecule has 3 amide bonds. The van der Waals surface area contributed by atoms with Crippen LogP contribution in [0.25, 0.3) is 0 Å². The predicted octanol–water partition coefficient (Wildman–Crippen LogP) is 2.74. The van der Waals surface area contributed by atoms with E-state index in [-0.39, 0.29) is 18.4 Å². The summed E-state index contributed by atoms with van der Waals surface area (Å²) in [5.41, 5.74) is 0.592. The van der Waals surface area contributed by atoms with E-state index in [1.54, 1.807) is 70.4 Å². The van der Waals surface area contributed by atoms with Crippen molar-refractivity contribution in [3.63, 3.8) is 0 Å². The Labute approximate surface area is 170 Å². The second-order valence-corrected chi connectivity index (χ2v) is 7.55. The molecule has 0 aliphatic carbocycles. The molecular formula is C21H27N3O5. The van der Waals surface area contributed by atoms with Crippen LogP contribution in [0.3, 0.4) is 0 Å². The maximum absolute atomic E-state index is 12.3. The Hall–Kier alpha value is -3.29. The van der Waals surface area contributed by atoms with Crippen molar-refractivity contribution in [2.45, 2.75) is 52.4 Å². The second-order valence-electron chi connectivity index (χ2n) is 7.55. The normalized spacial score (nSPS) is 12.0. The van der Waals surface area contributed by atoms with E-state index in [4.69, 9.17) is 9.15 Å². The van der Waals surface area contributed by atoms with E-state index in [0.29, 0.717) is 17.9 Å². The highest BCUT2D eigenvalue weighted by molar-refractivity contribution is 5.94. The van der Waals surface area contributed by atoms with Crippen LogP contribution in [0, 0.1) is 0 Å². The van der Waals surface area contributed by atoms with Crippen molar-refractivity contribution < 1.29 is 23.5 Å². The molecule has 3 N–H and O–H groups in total. The summed E-state index contributed by atoms with van der Waals surface area (Å²) < 4.78 is 10.3. The minimum atomic E-state index is -0.760. The van der Waals surface area contributed by atoms with E-state index >= 15 is 0 Å². The molecule has 0 saturated heterocycles. The zero-order chi connectivity index (χ0) is 21.4. The standard InChI is InChI=1S/C21H27N3O5/c1-14(24-20(27)29-21(2,3)4)18(25)22-12-15-7-5-8-16(11-15)19(26)23-13-17-9-6-10-28-17/h5-11,14H,12-13H2,1-4H3,(H,22,25)(H,23,26)(H,24,27). The summed E-state index contributed by atoms with van der Waals surface area (Å²) in [4.78, 5) is 36.2. The molecular weight excluding hydrogens is 374 g/mol. The van der Waals surface area contributed by atoms with Gasteiger partial charge in [-0.3, -0.25) is 9.59 Å². The molecule has 29 heavy (non-hydrogen) atoms. The zero-order valence-corrected chi connectivity index (χ0v) is 17.1. The Balaban J connectivity index is 1.84. The third-order valence-electron chi connectivity index (χ3n) is 3.79. The fourth-order valence-electron chi connectivity index (χ4n) is 2.40. The number of alkyl carbamates (subject to hydrolysis) is 1. The molecule has 8 heteroatoms. The molecule has 0 saturated carbocycles. The van der Waals surface area contributed by atoms with Crippen molar-refractivity contribution in [1.82, 2.24) is 16.0 Å². The van der Waals surface area contributed by atoms with Crippen LogP contribution in [0.15, 0.2) is 47.1 Å². The van der Waals surface area contributed by atoms with Gasteiger partial charge in [0.1, 0.15) is 17.4 Å². The van der Waals surface area contributed by atoms with Crippen molar-refractivity contribution in [3.8, 4) is 0 Å². The summed E-state index contributed by atoms with van der Waals surface area (Å²) in [6.45, 7) is 7.32. The Morgan fingerprint density at radius 1 is 1.07 bits per heavy atom. The molecule has 0 radical (unpaired) electrons. The predicted molar refractivity (Wildman–Crippen MR) is 107 cm³/mol. The summed E-state index contributed by atoms with van der Waals surface area (Å²) in [5.74, 6) is 0.0614. The quantitative estimate of drug-likeness (QED) is 0.661. The molecule has 0 aliphatic heterocycles. The van der Waals surface area contributed by atoms with Gasteiger partial charge < -0.3 is 25.1 Å². The highest BCUT2D eigenvalue weighted by atomic mass is 16.6. The minimum Gasteiger partial charge on any atom is -0.467 e. The van der Waals surface area contributed by atoms with Crippen molar-refractivity contribution >= 4 is 17.9 Å². The molecule has 1 aromatic heterocycles. The van der Waals surface area contributed by atoms with Crippen LogP contribution in [0.5, 0.6) is 0 Å². The van der Waals surface area contributed by atoms with Crippen LogP contribution in [-0.2, 0) is 22.6 Å². The number of hydrogen-bond donors (Lipinski definition) is 3. The van der Waals surface area contributed by atoms with Crippen molar-refractivity contribution in [2.24, 2.45) is 0 Å². The Morgan fingerprint density at radius 3 is 2.48 bits per heavy atom. The first-order valence-corrected chi connectivity index (χ1v) is 9.31. The number of carbonyl (C=O) groups excluding carboxylic acids is 3. The van der Waals surface area contributed by atoms with Crippen LogP contribution in [-0.4, -0.2) is 29.6 Å². The number of rotatable bonds is 7. The highest BCUT2D eigenvalue weighted by Gasteiger charge is 2.20. The van der Waals surface area contributed by atoms with Gasteiger partial charge in [-0.15, -0.1) is 0 Å². The Bertz CT molecular complexity index is 840. The number of ether oxygens (including phenoxy) is 1. The van der Waals surface area contributed by atoms with Crippen LogP contribution < -0.4 is 16.0 Å². The largest absolute Gasteiger partial charge is 0.467 e. The van der Waals surface area contributed by atoms with Gasteiger partial charge in [-0.1, -0.05) is 12.1 Å². The van der Waals surface area contributed by atoms with E-state index in [1.807, 2.05) is 0 Å². The third-order valence-corrected chi connectivity index (χ3v) is 3.79. The van der Waals surface area contributed by atoms with E-state index < -0.39 is 17.7 Å². The lowest BCUT2D eigenvalue weighted by Gasteiger charge is -2.21. The van der Waals surface area contributed by atoms with Gasteiger partial charge in [0.2, 0.25) is 5.91 Å². The molecule has 1 aromatic carbocycles. The molecule has 1 heterocycles. The molecule has 156 valence electrons. The Morgan fingerprint density at radius 2 is 1.83 bits per heavy atom. The number of furan rings is 1. The third kappa shape index (κ3) is 7.69. The van der Waals surface area contributed by atoms with Gasteiger partial charge in [0.05, 0.1) is 12.8 Å². The van der Waals surface area contributed by atoms with Gasteiger partial charge in [0, 0.05) is 12.1 Å². The van der Waals surface area contributed by atoms with Crippen molar-refractivity contribution in [1.29, 1.82) is 0 Å². The topological polar surface area (TPSA) is 110 Å². The van der Waals surface area contributed by atoms with Gasteiger partial charge in [-0.05, 0) is 57.5 Å². The van der Waals surface area contributed by atoms with Crippen molar-refractivity contribution in [2.75, 3.05) is 0 Å². The number of benzene rings is 1.